The van der Waals surface area contributed by atoms with Crippen molar-refractivity contribution in [2.75, 3.05) is 51.2 Å². The predicted octanol–water partition coefficient (Wildman–Crippen LogP) is 2.83. The van der Waals surface area contributed by atoms with Gasteiger partial charge in [0.1, 0.15) is 5.82 Å². The maximum absolute atomic E-state index is 4.74. The van der Waals surface area contributed by atoms with Crippen LogP contribution in [-0.4, -0.2) is 62.2 Å². The Morgan fingerprint density at radius 3 is 2.69 bits per heavy atom. The SMILES string of the molecule is CCNC(=NCc1ccc(N2CCN(C)CC2)nc1)NCC(C)Cc1cccs1. The summed E-state index contributed by atoms with van der Waals surface area (Å²) in [5.74, 6) is 2.49. The molecule has 6 nitrogen and oxygen atoms in total. The van der Waals surface area contributed by atoms with Gasteiger partial charge in [-0.3, -0.25) is 0 Å². The number of aliphatic imine (C=N–C) groups is 1. The Morgan fingerprint density at radius 2 is 2.03 bits per heavy atom. The number of nitrogens with zero attached hydrogens (tertiary/aromatic N) is 4. The summed E-state index contributed by atoms with van der Waals surface area (Å²) in [6.07, 6.45) is 3.06. The molecule has 158 valence electrons. The van der Waals surface area contributed by atoms with Crippen molar-refractivity contribution in [2.24, 2.45) is 10.9 Å². The first-order valence-corrected chi connectivity index (χ1v) is 11.4. The summed E-state index contributed by atoms with van der Waals surface area (Å²) < 4.78 is 0. The van der Waals surface area contributed by atoms with E-state index in [1.807, 2.05) is 17.5 Å². The third-order valence-electron chi connectivity index (χ3n) is 5.15. The highest BCUT2D eigenvalue weighted by Gasteiger charge is 2.15. The molecule has 3 rings (SSSR count). The number of guanidine groups is 1. The number of hydrogen-bond acceptors (Lipinski definition) is 5. The predicted molar refractivity (Wildman–Crippen MR) is 124 cm³/mol. The molecule has 2 aromatic rings. The van der Waals surface area contributed by atoms with E-state index in [0.717, 1.165) is 63.0 Å². The lowest BCUT2D eigenvalue weighted by molar-refractivity contribution is 0.312. The number of nitrogens with one attached hydrogen (secondary N) is 2. The molecule has 0 aromatic carbocycles. The van der Waals surface area contributed by atoms with Gasteiger partial charge in [-0.1, -0.05) is 19.1 Å². The van der Waals surface area contributed by atoms with Crippen LogP contribution < -0.4 is 15.5 Å². The van der Waals surface area contributed by atoms with Crippen LogP contribution in [0.4, 0.5) is 5.82 Å². The van der Waals surface area contributed by atoms with Crippen molar-refractivity contribution in [1.82, 2.24) is 20.5 Å². The van der Waals surface area contributed by atoms with Crippen molar-refractivity contribution in [2.45, 2.75) is 26.8 Å². The molecular formula is C22H34N6S. The first kappa shape index (κ1) is 21.6. The number of likely N-dealkylation sites (N-methyl/N-ethyl adjacent to an activating group) is 1. The zero-order valence-corrected chi connectivity index (χ0v) is 18.7. The quantitative estimate of drug-likeness (QED) is 0.514. The number of hydrogen-bond donors (Lipinski definition) is 2. The number of piperazine rings is 1. The molecule has 0 amide bonds. The molecular weight excluding hydrogens is 380 g/mol. The molecule has 0 saturated carbocycles. The van der Waals surface area contributed by atoms with E-state index < -0.39 is 0 Å². The van der Waals surface area contributed by atoms with E-state index in [0.29, 0.717) is 12.5 Å². The van der Waals surface area contributed by atoms with Gasteiger partial charge in [-0.2, -0.15) is 0 Å². The van der Waals surface area contributed by atoms with E-state index in [-0.39, 0.29) is 0 Å². The summed E-state index contributed by atoms with van der Waals surface area (Å²) >= 11 is 1.83. The van der Waals surface area contributed by atoms with Crippen LogP contribution >= 0.6 is 11.3 Å². The van der Waals surface area contributed by atoms with Gasteiger partial charge < -0.3 is 20.4 Å². The summed E-state index contributed by atoms with van der Waals surface area (Å²) in [4.78, 5) is 15.6. The van der Waals surface area contributed by atoms with Gasteiger partial charge in [-0.15, -0.1) is 11.3 Å². The van der Waals surface area contributed by atoms with Gasteiger partial charge in [0.15, 0.2) is 5.96 Å². The lowest BCUT2D eigenvalue weighted by Crippen LogP contribution is -2.44. The molecule has 0 radical (unpaired) electrons. The molecule has 1 aliphatic rings. The molecule has 2 aromatic heterocycles. The molecule has 0 aliphatic carbocycles. The first-order valence-electron chi connectivity index (χ1n) is 10.6. The Hall–Kier alpha value is -2.12. The zero-order valence-electron chi connectivity index (χ0n) is 17.9. The van der Waals surface area contributed by atoms with Crippen LogP contribution in [0.25, 0.3) is 0 Å². The smallest absolute Gasteiger partial charge is 0.191 e. The fourth-order valence-electron chi connectivity index (χ4n) is 3.36. The third-order valence-corrected chi connectivity index (χ3v) is 6.05. The number of pyridine rings is 1. The highest BCUT2D eigenvalue weighted by atomic mass is 32.1. The van der Waals surface area contributed by atoms with Crippen LogP contribution in [0.3, 0.4) is 0 Å². The minimum Gasteiger partial charge on any atom is -0.357 e. The Kier molecular flexibility index (Phi) is 8.31. The van der Waals surface area contributed by atoms with Gasteiger partial charge in [0.2, 0.25) is 0 Å². The van der Waals surface area contributed by atoms with E-state index in [1.165, 1.54) is 4.88 Å². The molecule has 0 spiro atoms. The Bertz CT molecular complexity index is 735. The zero-order chi connectivity index (χ0) is 20.5. The van der Waals surface area contributed by atoms with Crippen molar-refractivity contribution in [3.05, 3.63) is 46.3 Å². The molecule has 29 heavy (non-hydrogen) atoms. The van der Waals surface area contributed by atoms with E-state index in [9.17, 15) is 0 Å². The highest BCUT2D eigenvalue weighted by Crippen LogP contribution is 2.15. The van der Waals surface area contributed by atoms with Crippen LogP contribution in [0.2, 0.25) is 0 Å². The molecule has 2 N–H and O–H groups in total. The van der Waals surface area contributed by atoms with Crippen molar-refractivity contribution in [3.8, 4) is 0 Å². The van der Waals surface area contributed by atoms with Crippen molar-refractivity contribution >= 4 is 23.1 Å². The van der Waals surface area contributed by atoms with E-state index in [2.05, 4.69) is 76.0 Å². The topological polar surface area (TPSA) is 55.8 Å². The van der Waals surface area contributed by atoms with Gasteiger partial charge >= 0.3 is 0 Å². The number of thiophene rings is 1. The normalized spacial score (nSPS) is 16.7. The Morgan fingerprint density at radius 1 is 1.21 bits per heavy atom. The average Bonchev–Trinajstić information content (AvgIpc) is 3.24. The van der Waals surface area contributed by atoms with Gasteiger partial charge in [0, 0.05) is 50.3 Å². The first-order chi connectivity index (χ1) is 14.1. The molecule has 1 atom stereocenters. The lowest BCUT2D eigenvalue weighted by atomic mass is 10.1. The maximum Gasteiger partial charge on any atom is 0.191 e. The van der Waals surface area contributed by atoms with Crippen molar-refractivity contribution in [3.63, 3.8) is 0 Å². The molecule has 3 heterocycles. The van der Waals surface area contributed by atoms with Crippen LogP contribution in [0.5, 0.6) is 0 Å². The Balaban J connectivity index is 1.49. The minimum absolute atomic E-state index is 0.557. The second kappa shape index (κ2) is 11.2. The highest BCUT2D eigenvalue weighted by molar-refractivity contribution is 7.09. The van der Waals surface area contributed by atoms with Gasteiger partial charge in [0.25, 0.3) is 0 Å². The van der Waals surface area contributed by atoms with Gasteiger partial charge in [-0.25, -0.2) is 9.98 Å². The van der Waals surface area contributed by atoms with Crippen LogP contribution in [0, 0.1) is 5.92 Å². The standard InChI is InChI=1S/C22H34N6S/c1-4-23-22(25-15-18(2)14-20-6-5-13-29-20)26-17-19-7-8-21(24-16-19)28-11-9-27(3)10-12-28/h5-8,13,16,18H,4,9-12,14-15,17H2,1-3H3,(H2,23,25,26). The second-order valence-corrected chi connectivity index (χ2v) is 8.81. The fraction of sp³-hybridized carbons (Fsp3) is 0.545. The van der Waals surface area contributed by atoms with Crippen molar-refractivity contribution < 1.29 is 0 Å². The largest absolute Gasteiger partial charge is 0.357 e. The molecule has 1 unspecified atom stereocenters. The summed E-state index contributed by atoms with van der Waals surface area (Å²) in [6, 6.07) is 8.60. The van der Waals surface area contributed by atoms with Crippen LogP contribution in [0.15, 0.2) is 40.8 Å². The monoisotopic (exact) mass is 414 g/mol. The Labute approximate surface area is 179 Å². The number of aromatic nitrogens is 1. The van der Waals surface area contributed by atoms with Crippen LogP contribution in [0.1, 0.15) is 24.3 Å². The third kappa shape index (κ3) is 7.01. The summed E-state index contributed by atoms with van der Waals surface area (Å²) in [6.45, 7) is 11.0. The van der Waals surface area contributed by atoms with Gasteiger partial charge in [-0.05, 0) is 49.4 Å². The van der Waals surface area contributed by atoms with E-state index in [4.69, 9.17) is 4.99 Å². The molecule has 1 fully saturated rings. The van der Waals surface area contributed by atoms with E-state index >= 15 is 0 Å². The molecule has 1 aliphatic heterocycles. The minimum atomic E-state index is 0.557. The molecule has 7 heteroatoms. The summed E-state index contributed by atoms with van der Waals surface area (Å²) in [5, 5.41) is 8.97. The summed E-state index contributed by atoms with van der Waals surface area (Å²) in [7, 11) is 2.17. The molecule has 0 bridgehead atoms. The number of rotatable bonds is 8. The second-order valence-electron chi connectivity index (χ2n) is 7.78. The fourth-order valence-corrected chi connectivity index (χ4v) is 4.23. The van der Waals surface area contributed by atoms with Crippen molar-refractivity contribution in [1.29, 1.82) is 0 Å². The van der Waals surface area contributed by atoms with Crippen LogP contribution in [-0.2, 0) is 13.0 Å². The maximum atomic E-state index is 4.74. The van der Waals surface area contributed by atoms with Gasteiger partial charge in [0.05, 0.1) is 6.54 Å². The summed E-state index contributed by atoms with van der Waals surface area (Å²) in [5.41, 5.74) is 1.13. The lowest BCUT2D eigenvalue weighted by Gasteiger charge is -2.33. The molecule has 1 saturated heterocycles. The van der Waals surface area contributed by atoms with E-state index in [1.54, 1.807) is 0 Å². The average molecular weight is 415 g/mol. The number of anilines is 1.